The second-order valence-electron chi connectivity index (χ2n) is 6.07. The lowest BCUT2D eigenvalue weighted by Crippen LogP contribution is -2.34. The zero-order valence-corrected chi connectivity index (χ0v) is 12.7. The number of rotatable bonds is 1. The van der Waals surface area contributed by atoms with Crippen LogP contribution >= 0.6 is 0 Å². The Bertz CT molecular complexity index is 609. The number of carboxylic acid groups (broad SMARTS) is 1. The smallest absolute Gasteiger partial charge is 0.465 e. The van der Waals surface area contributed by atoms with Crippen molar-refractivity contribution in [3.05, 3.63) is 29.1 Å². The summed E-state index contributed by atoms with van der Waals surface area (Å²) in [6.07, 6.45) is -1.62. The number of carbonyl (C=O) groups is 2. The number of carbonyl (C=O) groups excluding carboxylic acids is 1. The Labute approximate surface area is 127 Å². The van der Waals surface area contributed by atoms with Gasteiger partial charge in [0, 0.05) is 13.1 Å². The fourth-order valence-corrected chi connectivity index (χ4v) is 2.16. The number of amides is 1. The van der Waals surface area contributed by atoms with Crippen LogP contribution in [0.3, 0.4) is 0 Å². The van der Waals surface area contributed by atoms with Crippen LogP contribution < -0.4 is 4.74 Å². The second-order valence-corrected chi connectivity index (χ2v) is 6.07. The topological polar surface area (TPSA) is 76.1 Å². The molecule has 1 amide bonds. The van der Waals surface area contributed by atoms with Gasteiger partial charge in [-0.1, -0.05) is 0 Å². The van der Waals surface area contributed by atoms with E-state index in [1.54, 1.807) is 20.8 Å². The Hall–Kier alpha value is -2.31. The lowest BCUT2D eigenvalue weighted by Gasteiger charge is -2.27. The third-order valence-electron chi connectivity index (χ3n) is 3.12. The molecule has 0 radical (unpaired) electrons. The van der Waals surface area contributed by atoms with E-state index in [9.17, 15) is 14.0 Å². The lowest BCUT2D eigenvalue weighted by atomic mass is 9.99. The highest BCUT2D eigenvalue weighted by Gasteiger charge is 2.24. The van der Waals surface area contributed by atoms with Crippen LogP contribution in [0.25, 0.3) is 0 Å². The Kier molecular flexibility index (Phi) is 4.25. The third kappa shape index (κ3) is 3.87. The van der Waals surface area contributed by atoms with Crippen LogP contribution in [-0.4, -0.2) is 34.4 Å². The summed E-state index contributed by atoms with van der Waals surface area (Å²) in [4.78, 5) is 23.8. The Balaban J connectivity index is 2.18. The molecule has 1 aromatic carbocycles. The number of hydrogen-bond donors (Lipinski definition) is 1. The molecule has 0 aliphatic carbocycles. The highest BCUT2D eigenvalue weighted by atomic mass is 19.1. The summed E-state index contributed by atoms with van der Waals surface area (Å²) in [5.41, 5.74) is 0.585. The molecule has 0 atom stereocenters. The molecule has 7 heteroatoms. The third-order valence-corrected chi connectivity index (χ3v) is 3.12. The van der Waals surface area contributed by atoms with E-state index in [-0.39, 0.29) is 12.3 Å². The molecule has 1 heterocycles. The van der Waals surface area contributed by atoms with Crippen molar-refractivity contribution in [3.8, 4) is 5.75 Å². The number of hydrogen-bond acceptors (Lipinski definition) is 4. The van der Waals surface area contributed by atoms with Crippen LogP contribution in [0.2, 0.25) is 0 Å². The lowest BCUT2D eigenvalue weighted by molar-refractivity contribution is 0.0197. The summed E-state index contributed by atoms with van der Waals surface area (Å²) in [6, 6.07) is 2.62. The predicted molar refractivity (Wildman–Crippen MR) is 75.4 cm³/mol. The first-order valence-electron chi connectivity index (χ1n) is 6.86. The zero-order valence-electron chi connectivity index (χ0n) is 12.7. The number of ether oxygens (including phenoxy) is 2. The van der Waals surface area contributed by atoms with Crippen molar-refractivity contribution in [1.29, 1.82) is 0 Å². The van der Waals surface area contributed by atoms with E-state index in [1.165, 1.54) is 17.0 Å². The van der Waals surface area contributed by atoms with E-state index in [0.717, 1.165) is 0 Å². The van der Waals surface area contributed by atoms with Crippen molar-refractivity contribution < 1.29 is 28.6 Å². The molecule has 0 unspecified atom stereocenters. The maximum atomic E-state index is 14.0. The Morgan fingerprint density at radius 1 is 1.27 bits per heavy atom. The van der Waals surface area contributed by atoms with Gasteiger partial charge in [0.25, 0.3) is 0 Å². The molecule has 1 aliphatic rings. The van der Waals surface area contributed by atoms with Gasteiger partial charge >= 0.3 is 12.2 Å². The van der Waals surface area contributed by atoms with Crippen LogP contribution in [-0.2, 0) is 17.7 Å². The fourth-order valence-electron chi connectivity index (χ4n) is 2.16. The minimum Gasteiger partial charge on any atom is -0.465 e. The minimum atomic E-state index is -1.04. The number of halogens is 1. The maximum Gasteiger partial charge on any atom is 0.514 e. The fraction of sp³-hybridized carbons (Fsp3) is 0.467. The normalized spacial score (nSPS) is 14.3. The molecule has 0 bridgehead atoms. The summed E-state index contributed by atoms with van der Waals surface area (Å²) in [5.74, 6) is -0.936. The molecule has 0 fully saturated rings. The summed E-state index contributed by atoms with van der Waals surface area (Å²) in [5, 5.41) is 9.01. The van der Waals surface area contributed by atoms with Crippen LogP contribution in [0, 0.1) is 5.82 Å². The van der Waals surface area contributed by atoms with Crippen LogP contribution in [0.1, 0.15) is 31.9 Å². The van der Waals surface area contributed by atoms with Gasteiger partial charge in [-0.25, -0.2) is 14.0 Å². The van der Waals surface area contributed by atoms with E-state index < -0.39 is 23.7 Å². The van der Waals surface area contributed by atoms with Crippen LogP contribution in [0.15, 0.2) is 12.1 Å². The van der Waals surface area contributed by atoms with E-state index >= 15 is 0 Å². The van der Waals surface area contributed by atoms with Gasteiger partial charge in [-0.05, 0) is 50.5 Å². The average Bonchev–Trinajstić information content (AvgIpc) is 2.36. The first kappa shape index (κ1) is 16.1. The molecule has 0 saturated carbocycles. The number of fused-ring (bicyclic) bond motifs is 1. The molecule has 22 heavy (non-hydrogen) atoms. The summed E-state index contributed by atoms with van der Waals surface area (Å²) in [7, 11) is 0. The first-order valence-corrected chi connectivity index (χ1v) is 6.86. The van der Waals surface area contributed by atoms with Crippen LogP contribution in [0.4, 0.5) is 14.0 Å². The molecule has 120 valence electrons. The van der Waals surface area contributed by atoms with Crippen molar-refractivity contribution in [3.63, 3.8) is 0 Å². The van der Waals surface area contributed by atoms with Gasteiger partial charge in [0.15, 0.2) is 11.6 Å². The van der Waals surface area contributed by atoms with Crippen molar-refractivity contribution in [2.24, 2.45) is 0 Å². The van der Waals surface area contributed by atoms with Gasteiger partial charge in [0.2, 0.25) is 0 Å². The zero-order chi connectivity index (χ0) is 16.5. The highest BCUT2D eigenvalue weighted by Crippen LogP contribution is 2.27. The van der Waals surface area contributed by atoms with Gasteiger partial charge < -0.3 is 19.5 Å². The standard InChI is InChI=1S/C15H18FNO5/c1-15(2,3)22-14(20)21-12-7-10-8-17(13(18)19)5-4-9(10)6-11(12)16/h6-7H,4-5,8H2,1-3H3,(H,18,19). The molecule has 0 aromatic heterocycles. The molecule has 6 nitrogen and oxygen atoms in total. The predicted octanol–water partition coefficient (Wildman–Crippen LogP) is 3.18. The maximum absolute atomic E-state index is 14.0. The molecule has 0 saturated heterocycles. The van der Waals surface area contributed by atoms with Gasteiger partial charge in [-0.2, -0.15) is 0 Å². The molecule has 1 N–H and O–H groups in total. The van der Waals surface area contributed by atoms with Crippen LogP contribution in [0.5, 0.6) is 5.75 Å². The highest BCUT2D eigenvalue weighted by molar-refractivity contribution is 5.66. The largest absolute Gasteiger partial charge is 0.514 e. The molecular weight excluding hydrogens is 293 g/mol. The first-order chi connectivity index (χ1) is 10.2. The Morgan fingerprint density at radius 3 is 2.55 bits per heavy atom. The van der Waals surface area contributed by atoms with E-state index in [0.29, 0.717) is 24.1 Å². The number of benzene rings is 1. The van der Waals surface area contributed by atoms with Gasteiger partial charge in [0.1, 0.15) is 5.60 Å². The van der Waals surface area contributed by atoms with Crippen molar-refractivity contribution in [1.82, 2.24) is 4.90 Å². The monoisotopic (exact) mass is 311 g/mol. The van der Waals surface area contributed by atoms with Crippen molar-refractivity contribution in [2.45, 2.75) is 39.3 Å². The summed E-state index contributed by atoms with van der Waals surface area (Å²) in [6.45, 7) is 5.45. The minimum absolute atomic E-state index is 0.135. The average molecular weight is 311 g/mol. The SMILES string of the molecule is CC(C)(C)OC(=O)Oc1cc2c(cc1F)CCN(C(=O)O)C2. The number of nitrogens with zero attached hydrogens (tertiary/aromatic N) is 1. The summed E-state index contributed by atoms with van der Waals surface area (Å²) < 4.78 is 23.8. The molecule has 1 aliphatic heterocycles. The molecule has 2 rings (SSSR count). The molecular formula is C15H18FNO5. The van der Waals surface area contributed by atoms with E-state index in [1.807, 2.05) is 0 Å². The van der Waals surface area contributed by atoms with E-state index in [2.05, 4.69) is 0 Å². The quantitative estimate of drug-likeness (QED) is 0.637. The van der Waals surface area contributed by atoms with Gasteiger partial charge in [0.05, 0.1) is 0 Å². The van der Waals surface area contributed by atoms with Gasteiger partial charge in [-0.3, -0.25) is 0 Å². The molecule has 0 spiro atoms. The Morgan fingerprint density at radius 2 is 1.95 bits per heavy atom. The molecule has 1 aromatic rings. The van der Waals surface area contributed by atoms with Crippen molar-refractivity contribution in [2.75, 3.05) is 6.54 Å². The second kappa shape index (κ2) is 5.82. The van der Waals surface area contributed by atoms with E-state index in [4.69, 9.17) is 14.6 Å². The van der Waals surface area contributed by atoms with Crippen molar-refractivity contribution >= 4 is 12.2 Å². The summed E-state index contributed by atoms with van der Waals surface area (Å²) >= 11 is 0. The van der Waals surface area contributed by atoms with Gasteiger partial charge in [-0.15, -0.1) is 0 Å².